The van der Waals surface area contributed by atoms with Gasteiger partial charge in [0, 0.05) is 13.0 Å². The highest BCUT2D eigenvalue weighted by Gasteiger charge is 2.33. The molecule has 0 saturated carbocycles. The van der Waals surface area contributed by atoms with Gasteiger partial charge in [-0.1, -0.05) is 0 Å². The summed E-state index contributed by atoms with van der Waals surface area (Å²) in [5, 5.41) is 18.4. The molecule has 0 aromatic carbocycles. The van der Waals surface area contributed by atoms with Crippen molar-refractivity contribution >= 4 is 19.9 Å². The van der Waals surface area contributed by atoms with Crippen LogP contribution in [0.1, 0.15) is 12.8 Å². The van der Waals surface area contributed by atoms with Gasteiger partial charge in [-0.15, -0.1) is 0 Å². The van der Waals surface area contributed by atoms with Crippen molar-refractivity contribution in [2.24, 2.45) is 0 Å². The van der Waals surface area contributed by atoms with Gasteiger partial charge in [0.2, 0.25) is 19.9 Å². The number of aliphatic hydroxyl groups excluding tert-OH is 2. The minimum Gasteiger partial charge on any atom is -0.391 e. The van der Waals surface area contributed by atoms with Gasteiger partial charge in [0.1, 0.15) is 13.1 Å². The molecule has 0 unspecified atom stereocenters. The van der Waals surface area contributed by atoms with E-state index in [4.69, 9.17) is 0 Å². The van der Waals surface area contributed by atoms with E-state index < -0.39 is 19.9 Å². The summed E-state index contributed by atoms with van der Waals surface area (Å²) >= 11 is 0. The Kier molecular flexibility index (Phi) is 7.01. The number of rotatable bonds is 4. The molecule has 126 valence electrons. The van der Waals surface area contributed by atoms with Gasteiger partial charge in [-0.25, -0.2) is 21.6 Å². The van der Waals surface area contributed by atoms with Crippen LogP contribution in [0.5, 0.6) is 0 Å². The number of nitrogens with one attached hydrogen (secondary N) is 1. The Morgan fingerprint density at radius 3 is 2.14 bits per heavy atom. The summed E-state index contributed by atoms with van der Waals surface area (Å²) in [6.07, 6.45) is 0.505. The third-order valence-corrected chi connectivity index (χ3v) is 6.94. The number of sulfone groups is 1. The average molecular weight is 345 g/mol. The molecule has 10 heteroatoms. The van der Waals surface area contributed by atoms with Crippen LogP contribution in [0.15, 0.2) is 0 Å². The van der Waals surface area contributed by atoms with E-state index in [9.17, 15) is 27.0 Å². The third kappa shape index (κ3) is 6.57. The van der Waals surface area contributed by atoms with Gasteiger partial charge >= 0.3 is 0 Å². The van der Waals surface area contributed by atoms with E-state index >= 15 is 0 Å². The van der Waals surface area contributed by atoms with Crippen LogP contribution < -0.4 is 4.72 Å². The first-order chi connectivity index (χ1) is 9.74. The largest absolute Gasteiger partial charge is 0.391 e. The molecule has 0 atom stereocenters. The van der Waals surface area contributed by atoms with Crippen LogP contribution in [0.4, 0.5) is 0 Å². The second kappa shape index (κ2) is 7.84. The van der Waals surface area contributed by atoms with E-state index in [2.05, 4.69) is 4.72 Å². The Hall–Kier alpha value is -0.260. The van der Waals surface area contributed by atoms with Gasteiger partial charge in [-0.3, -0.25) is 0 Å². The fourth-order valence-electron chi connectivity index (χ4n) is 2.62. The first kappa shape index (κ1) is 18.8. The molecule has 8 nitrogen and oxygen atoms in total. The van der Waals surface area contributed by atoms with Crippen LogP contribution in [0.2, 0.25) is 0 Å². The van der Waals surface area contributed by atoms with Crippen molar-refractivity contribution in [2.45, 2.75) is 12.8 Å². The SMILES string of the molecule is O=S1(=O)CCCS(=O)(=O)NCCC[N+](CCO)(CCO)C1. The Morgan fingerprint density at radius 2 is 1.57 bits per heavy atom. The van der Waals surface area contributed by atoms with Gasteiger partial charge in [-0.05, 0) is 6.42 Å². The summed E-state index contributed by atoms with van der Waals surface area (Å²) in [4.78, 5) is 0. The lowest BCUT2D eigenvalue weighted by atomic mass is 10.3. The van der Waals surface area contributed by atoms with E-state index in [1.807, 2.05) is 0 Å². The van der Waals surface area contributed by atoms with E-state index in [-0.39, 0.29) is 61.1 Å². The maximum absolute atomic E-state index is 12.2. The number of hydrogen-bond acceptors (Lipinski definition) is 6. The molecular formula is C11H25N2O6S2+. The minimum absolute atomic E-state index is 0.0515. The number of aliphatic hydroxyl groups is 2. The highest BCUT2D eigenvalue weighted by atomic mass is 32.2. The number of quaternary nitrogens is 1. The minimum atomic E-state index is -3.44. The zero-order valence-corrected chi connectivity index (χ0v) is 13.7. The van der Waals surface area contributed by atoms with Crippen molar-refractivity contribution in [3.05, 3.63) is 0 Å². The van der Waals surface area contributed by atoms with Gasteiger partial charge in [0.25, 0.3) is 0 Å². The quantitative estimate of drug-likeness (QED) is 0.501. The molecule has 0 spiro atoms. The van der Waals surface area contributed by atoms with Crippen LogP contribution >= 0.6 is 0 Å². The number of hydrogen-bond donors (Lipinski definition) is 3. The van der Waals surface area contributed by atoms with Crippen molar-refractivity contribution in [2.75, 3.05) is 56.8 Å². The van der Waals surface area contributed by atoms with Crippen LogP contribution in [0.3, 0.4) is 0 Å². The van der Waals surface area contributed by atoms with E-state index in [0.717, 1.165) is 0 Å². The summed E-state index contributed by atoms with van der Waals surface area (Å²) in [5.74, 6) is -0.578. The maximum Gasteiger partial charge on any atom is 0.211 e. The highest BCUT2D eigenvalue weighted by molar-refractivity contribution is 7.91. The molecule has 0 aromatic heterocycles. The zero-order chi connectivity index (χ0) is 16.0. The molecule has 1 aliphatic rings. The lowest BCUT2D eigenvalue weighted by molar-refractivity contribution is -0.917. The molecule has 1 heterocycles. The molecule has 3 N–H and O–H groups in total. The maximum atomic E-state index is 12.2. The lowest BCUT2D eigenvalue weighted by Gasteiger charge is -2.37. The van der Waals surface area contributed by atoms with Crippen molar-refractivity contribution < 1.29 is 31.5 Å². The molecular weight excluding hydrogens is 320 g/mol. The highest BCUT2D eigenvalue weighted by Crippen LogP contribution is 2.13. The smallest absolute Gasteiger partial charge is 0.211 e. The summed E-state index contributed by atoms with van der Waals surface area (Å²) < 4.78 is 50.1. The first-order valence-corrected chi connectivity index (χ1v) is 10.5. The molecule has 21 heavy (non-hydrogen) atoms. The zero-order valence-electron chi connectivity index (χ0n) is 12.1. The molecule has 1 fully saturated rings. The summed E-state index contributed by atoms with van der Waals surface area (Å²) in [6.45, 7) is 0.726. The standard InChI is InChI=1S/C11H25N2O6S2/c14-7-5-13(6-8-15)4-1-3-12-21(18,19)10-2-9-20(16,17)11-13/h12,14-15H,1-11H2/q+1. The van der Waals surface area contributed by atoms with E-state index in [0.29, 0.717) is 13.0 Å². The van der Waals surface area contributed by atoms with Gasteiger partial charge in [-0.2, -0.15) is 0 Å². The Morgan fingerprint density at radius 1 is 0.952 bits per heavy atom. The molecule has 1 saturated heterocycles. The molecule has 1 aliphatic heterocycles. The van der Waals surface area contributed by atoms with E-state index in [1.165, 1.54) is 0 Å². The summed E-state index contributed by atoms with van der Waals surface area (Å²) in [5.41, 5.74) is 0. The molecule has 1 rings (SSSR count). The van der Waals surface area contributed by atoms with Gasteiger partial charge in [0.15, 0.2) is 5.88 Å². The van der Waals surface area contributed by atoms with Crippen LogP contribution in [0, 0.1) is 0 Å². The molecule has 0 aromatic rings. The normalized spacial score (nSPS) is 25.8. The number of sulfonamides is 1. The topological polar surface area (TPSA) is 121 Å². The third-order valence-electron chi connectivity index (χ3n) is 3.62. The van der Waals surface area contributed by atoms with E-state index in [1.54, 1.807) is 0 Å². The Bertz CT molecular complexity index is 511. The number of nitrogens with zero attached hydrogens (tertiary/aromatic N) is 1. The summed E-state index contributed by atoms with van der Waals surface area (Å²) in [6, 6.07) is 0. The van der Waals surface area contributed by atoms with Crippen molar-refractivity contribution in [3.8, 4) is 0 Å². The molecule has 0 aliphatic carbocycles. The van der Waals surface area contributed by atoms with Crippen molar-refractivity contribution in [3.63, 3.8) is 0 Å². The fourth-order valence-corrected chi connectivity index (χ4v) is 5.86. The Balaban J connectivity index is 2.98. The Labute approximate surface area is 126 Å². The second-order valence-electron chi connectivity index (χ2n) is 5.46. The van der Waals surface area contributed by atoms with Gasteiger partial charge in [0.05, 0.1) is 31.3 Å². The molecule has 0 radical (unpaired) electrons. The first-order valence-electron chi connectivity index (χ1n) is 6.99. The lowest BCUT2D eigenvalue weighted by Crippen LogP contribution is -2.55. The van der Waals surface area contributed by atoms with Crippen LogP contribution in [-0.4, -0.2) is 88.3 Å². The average Bonchev–Trinajstić information content (AvgIpc) is 2.35. The fraction of sp³-hybridized carbons (Fsp3) is 1.00. The van der Waals surface area contributed by atoms with Gasteiger partial charge < -0.3 is 14.7 Å². The van der Waals surface area contributed by atoms with Crippen molar-refractivity contribution in [1.82, 2.24) is 4.72 Å². The van der Waals surface area contributed by atoms with Crippen LogP contribution in [0.25, 0.3) is 0 Å². The monoisotopic (exact) mass is 345 g/mol. The summed E-state index contributed by atoms with van der Waals surface area (Å²) in [7, 11) is -6.87. The molecule has 0 amide bonds. The molecule has 0 bridgehead atoms. The van der Waals surface area contributed by atoms with Crippen molar-refractivity contribution in [1.29, 1.82) is 0 Å². The predicted octanol–water partition coefficient (Wildman–Crippen LogP) is -2.13. The second-order valence-corrected chi connectivity index (χ2v) is 9.54. The van der Waals surface area contributed by atoms with Crippen LogP contribution in [-0.2, 0) is 19.9 Å². The predicted molar refractivity (Wildman–Crippen MR) is 78.7 cm³/mol.